The molecule has 24 heavy (non-hydrogen) atoms. The first-order chi connectivity index (χ1) is 11.2. The van der Waals surface area contributed by atoms with E-state index >= 15 is 0 Å². The van der Waals surface area contributed by atoms with Gasteiger partial charge in [0.05, 0.1) is 11.9 Å². The average molecular weight is 367 g/mol. The normalized spacial score (nSPS) is 20.2. The van der Waals surface area contributed by atoms with Crippen LogP contribution in [-0.4, -0.2) is 41.3 Å². The van der Waals surface area contributed by atoms with Crippen LogP contribution in [0.2, 0.25) is 5.02 Å². The highest BCUT2D eigenvalue weighted by molar-refractivity contribution is 6.30. The van der Waals surface area contributed by atoms with Gasteiger partial charge in [0.2, 0.25) is 0 Å². The van der Waals surface area contributed by atoms with Crippen LogP contribution in [0.4, 0.5) is 0 Å². The molecule has 0 unspecified atom stereocenters. The molecule has 4 nitrogen and oxygen atoms in total. The number of likely N-dealkylation sites (tertiary alicyclic amines) is 1. The van der Waals surface area contributed by atoms with Gasteiger partial charge in [-0.1, -0.05) is 23.7 Å². The van der Waals surface area contributed by atoms with Gasteiger partial charge < -0.3 is 5.32 Å². The Balaban J connectivity index is 0.00000169. The molecule has 2 saturated heterocycles. The van der Waals surface area contributed by atoms with Crippen molar-refractivity contribution in [1.29, 1.82) is 0 Å². The van der Waals surface area contributed by atoms with Crippen molar-refractivity contribution in [2.24, 2.45) is 5.41 Å². The molecule has 0 aliphatic carbocycles. The summed E-state index contributed by atoms with van der Waals surface area (Å²) >= 11 is 6.13. The second-order valence-corrected chi connectivity index (χ2v) is 7.43. The first-order valence-corrected chi connectivity index (χ1v) is 8.83. The molecule has 0 saturated carbocycles. The Hall–Kier alpha value is -1.07. The van der Waals surface area contributed by atoms with Gasteiger partial charge in [-0.25, -0.2) is 0 Å². The van der Waals surface area contributed by atoms with E-state index in [9.17, 15) is 0 Å². The number of benzene rings is 1. The molecule has 1 aromatic heterocycles. The largest absolute Gasteiger partial charge is 0.317 e. The molecule has 1 aromatic carbocycles. The van der Waals surface area contributed by atoms with Crippen molar-refractivity contribution in [3.63, 3.8) is 0 Å². The predicted octanol–water partition coefficient (Wildman–Crippen LogP) is 3.73. The first-order valence-electron chi connectivity index (χ1n) is 8.45. The van der Waals surface area contributed by atoms with Gasteiger partial charge in [-0.2, -0.15) is 5.10 Å². The quantitative estimate of drug-likeness (QED) is 0.869. The SMILES string of the molecule is Cl.Clc1cccc(-c2[nH]ncc2CN2CCC3(CCNCC3)C2)c1. The highest BCUT2D eigenvalue weighted by atomic mass is 35.5. The molecular weight excluding hydrogens is 343 g/mol. The molecule has 3 heterocycles. The minimum absolute atomic E-state index is 0. The number of hydrogen-bond donors (Lipinski definition) is 2. The number of rotatable bonds is 3. The smallest absolute Gasteiger partial charge is 0.0695 e. The Bertz CT molecular complexity index is 679. The topological polar surface area (TPSA) is 44.0 Å². The molecule has 2 aliphatic rings. The van der Waals surface area contributed by atoms with Crippen molar-refractivity contribution in [2.75, 3.05) is 26.2 Å². The number of nitrogens with zero attached hydrogens (tertiary/aromatic N) is 2. The Kier molecular flexibility index (Phi) is 5.50. The van der Waals surface area contributed by atoms with Crippen molar-refractivity contribution < 1.29 is 0 Å². The zero-order chi connectivity index (χ0) is 15.7. The maximum absolute atomic E-state index is 6.13. The summed E-state index contributed by atoms with van der Waals surface area (Å²) in [6, 6.07) is 7.97. The summed E-state index contributed by atoms with van der Waals surface area (Å²) in [5.74, 6) is 0. The minimum atomic E-state index is 0. The van der Waals surface area contributed by atoms with E-state index in [0.29, 0.717) is 5.41 Å². The highest BCUT2D eigenvalue weighted by Crippen LogP contribution is 2.39. The second-order valence-electron chi connectivity index (χ2n) is 6.99. The van der Waals surface area contributed by atoms with Crippen LogP contribution in [0.1, 0.15) is 24.8 Å². The predicted molar refractivity (Wildman–Crippen MR) is 101 cm³/mol. The molecule has 0 atom stereocenters. The van der Waals surface area contributed by atoms with Crippen molar-refractivity contribution >= 4 is 24.0 Å². The fraction of sp³-hybridized carbons (Fsp3) is 0.500. The average Bonchev–Trinajstić information content (AvgIpc) is 3.16. The summed E-state index contributed by atoms with van der Waals surface area (Å²) < 4.78 is 0. The summed E-state index contributed by atoms with van der Waals surface area (Å²) in [6.45, 7) is 5.73. The van der Waals surface area contributed by atoms with E-state index in [1.165, 1.54) is 51.0 Å². The number of aromatic nitrogens is 2. The molecule has 2 fully saturated rings. The van der Waals surface area contributed by atoms with E-state index in [4.69, 9.17) is 11.6 Å². The van der Waals surface area contributed by atoms with Gasteiger partial charge in [-0.05, 0) is 56.4 Å². The highest BCUT2D eigenvalue weighted by Gasteiger charge is 2.38. The third kappa shape index (κ3) is 3.62. The van der Waals surface area contributed by atoms with Crippen LogP contribution < -0.4 is 5.32 Å². The van der Waals surface area contributed by atoms with E-state index < -0.39 is 0 Å². The van der Waals surface area contributed by atoms with Gasteiger partial charge in [0.15, 0.2) is 0 Å². The number of aromatic amines is 1. The Morgan fingerprint density at radius 2 is 2.04 bits per heavy atom. The van der Waals surface area contributed by atoms with Crippen LogP contribution in [0.15, 0.2) is 30.5 Å². The Morgan fingerprint density at radius 3 is 2.83 bits per heavy atom. The maximum atomic E-state index is 6.13. The molecule has 130 valence electrons. The van der Waals surface area contributed by atoms with Crippen LogP contribution in [0, 0.1) is 5.41 Å². The lowest BCUT2D eigenvalue weighted by molar-refractivity contribution is 0.194. The molecule has 6 heteroatoms. The number of piperidine rings is 1. The summed E-state index contributed by atoms with van der Waals surface area (Å²) in [5, 5.41) is 11.7. The van der Waals surface area contributed by atoms with Crippen LogP contribution in [-0.2, 0) is 6.54 Å². The van der Waals surface area contributed by atoms with Crippen molar-refractivity contribution in [3.05, 3.63) is 41.0 Å². The van der Waals surface area contributed by atoms with Crippen molar-refractivity contribution in [1.82, 2.24) is 20.4 Å². The zero-order valence-corrected chi connectivity index (χ0v) is 15.3. The van der Waals surface area contributed by atoms with Gasteiger partial charge >= 0.3 is 0 Å². The lowest BCUT2D eigenvalue weighted by Gasteiger charge is -2.33. The lowest BCUT2D eigenvalue weighted by atomic mass is 9.78. The molecule has 0 amide bonds. The van der Waals surface area contributed by atoms with Gasteiger partial charge in [0, 0.05) is 29.2 Å². The van der Waals surface area contributed by atoms with Gasteiger partial charge in [-0.3, -0.25) is 10.00 Å². The fourth-order valence-corrected chi connectivity index (χ4v) is 4.28. The number of hydrogen-bond acceptors (Lipinski definition) is 3. The first kappa shape index (κ1) is 17.7. The van der Waals surface area contributed by atoms with E-state index in [0.717, 1.165) is 22.8 Å². The number of halogens is 2. The maximum Gasteiger partial charge on any atom is 0.0695 e. The number of H-pyrrole nitrogens is 1. The standard InChI is InChI=1S/C18H23ClN4.ClH/c19-16-3-1-2-14(10-16)17-15(11-21-22-17)12-23-9-6-18(13-23)4-7-20-8-5-18;/h1-3,10-11,20H,4-9,12-13H2,(H,21,22);1H. The Labute approximate surface area is 154 Å². The van der Waals surface area contributed by atoms with Crippen molar-refractivity contribution in [3.8, 4) is 11.3 Å². The van der Waals surface area contributed by atoms with E-state index in [1.807, 2.05) is 24.4 Å². The van der Waals surface area contributed by atoms with Crippen LogP contribution in [0.25, 0.3) is 11.3 Å². The molecule has 2 aromatic rings. The second kappa shape index (κ2) is 7.44. The molecular formula is C18H24Cl2N4. The van der Waals surface area contributed by atoms with Crippen LogP contribution >= 0.6 is 24.0 Å². The monoisotopic (exact) mass is 366 g/mol. The molecule has 0 bridgehead atoms. The minimum Gasteiger partial charge on any atom is -0.317 e. The van der Waals surface area contributed by atoms with Crippen molar-refractivity contribution in [2.45, 2.75) is 25.8 Å². The van der Waals surface area contributed by atoms with E-state index in [1.54, 1.807) is 0 Å². The van der Waals surface area contributed by atoms with Gasteiger partial charge in [-0.15, -0.1) is 12.4 Å². The number of nitrogens with one attached hydrogen (secondary N) is 2. The zero-order valence-electron chi connectivity index (χ0n) is 13.7. The van der Waals surface area contributed by atoms with E-state index in [2.05, 4.69) is 26.5 Å². The molecule has 0 radical (unpaired) electrons. The summed E-state index contributed by atoms with van der Waals surface area (Å²) in [4.78, 5) is 2.59. The molecule has 2 aliphatic heterocycles. The van der Waals surface area contributed by atoms with Gasteiger partial charge in [0.1, 0.15) is 0 Å². The third-order valence-corrected chi connectivity index (χ3v) is 5.64. The molecule has 4 rings (SSSR count). The Morgan fingerprint density at radius 1 is 1.21 bits per heavy atom. The van der Waals surface area contributed by atoms with Crippen LogP contribution in [0.3, 0.4) is 0 Å². The lowest BCUT2D eigenvalue weighted by Crippen LogP contribution is -2.38. The molecule has 1 spiro atoms. The fourth-order valence-electron chi connectivity index (χ4n) is 4.09. The van der Waals surface area contributed by atoms with Crippen LogP contribution in [0.5, 0.6) is 0 Å². The summed E-state index contributed by atoms with van der Waals surface area (Å²) in [6.07, 6.45) is 5.93. The molecule has 2 N–H and O–H groups in total. The van der Waals surface area contributed by atoms with Gasteiger partial charge in [0.25, 0.3) is 0 Å². The van der Waals surface area contributed by atoms with E-state index in [-0.39, 0.29) is 12.4 Å². The summed E-state index contributed by atoms with van der Waals surface area (Å²) in [5.41, 5.74) is 4.02. The third-order valence-electron chi connectivity index (χ3n) is 5.41. The summed E-state index contributed by atoms with van der Waals surface area (Å²) in [7, 11) is 0.